The second kappa shape index (κ2) is 21.7. The second-order valence-corrected chi connectivity index (χ2v) is 13.0. The first-order valence-corrected chi connectivity index (χ1v) is 16.9. The van der Waals surface area contributed by atoms with Crippen molar-refractivity contribution in [2.45, 2.75) is 36.3 Å². The van der Waals surface area contributed by atoms with Gasteiger partial charge in [-0.15, -0.1) is 0 Å². The van der Waals surface area contributed by atoms with E-state index in [4.69, 9.17) is 38.9 Å². The van der Waals surface area contributed by atoms with E-state index in [9.17, 15) is 49.7 Å². The molecule has 0 spiro atoms. The number of hydrogen-bond donors (Lipinski definition) is 2. The van der Waals surface area contributed by atoms with Crippen LogP contribution in [0.2, 0.25) is 0 Å². The standard InChI is InChI=1S/C20H14O2.C4H9.3CHF3O3S.La.Li/c21-17-11-9-13-5-1-3-7-15(13)19(17)20-16-8-4-2-6-14(16)10-12-18(20)22;1-3-4-2;3*2-1(3,4)8(5,6)7;;/h1-12,21-22H;1,3-4H2,2H3;3*(H,5,6,7);;/q;-1;;;;+3;+1/p-3. The third-order valence-corrected chi connectivity index (χ3v) is 6.97. The normalized spacial score (nSPS) is 11.7. The fraction of sp³-hybridized carbons (Fsp3) is 0.222. The van der Waals surface area contributed by atoms with Gasteiger partial charge < -0.3 is 30.8 Å². The molecule has 0 atom stereocenters. The van der Waals surface area contributed by atoms with E-state index in [0.29, 0.717) is 11.1 Å². The Balaban J connectivity index is -0.000000673. The number of benzene rings is 4. The fourth-order valence-corrected chi connectivity index (χ4v) is 3.05. The third kappa shape index (κ3) is 17.4. The van der Waals surface area contributed by atoms with Gasteiger partial charge in [-0.3, -0.25) is 0 Å². The molecule has 0 heterocycles. The first kappa shape index (κ1) is 54.2. The van der Waals surface area contributed by atoms with Crippen LogP contribution < -0.4 is 18.9 Å². The van der Waals surface area contributed by atoms with E-state index in [0.717, 1.165) is 28.0 Å². The molecule has 0 aliphatic heterocycles. The molecule has 0 saturated heterocycles. The Morgan fingerprint density at radius 3 is 0.962 bits per heavy atom. The second-order valence-electron chi connectivity index (χ2n) is 8.91. The van der Waals surface area contributed by atoms with Crippen molar-refractivity contribution in [3.8, 4) is 22.6 Å². The maximum Gasteiger partial charge on any atom is 3.00 e. The summed E-state index contributed by atoms with van der Waals surface area (Å²) < 4.78 is 177. The predicted molar refractivity (Wildman–Crippen MR) is 158 cm³/mol. The molecule has 4 rings (SSSR count). The summed E-state index contributed by atoms with van der Waals surface area (Å²) in [5, 5.41) is 24.8. The number of alkyl halides is 9. The van der Waals surface area contributed by atoms with Gasteiger partial charge in [0.1, 0.15) is 11.5 Å². The van der Waals surface area contributed by atoms with E-state index in [-0.39, 0.29) is 66.0 Å². The van der Waals surface area contributed by atoms with Crippen LogP contribution >= 0.6 is 0 Å². The van der Waals surface area contributed by atoms with Gasteiger partial charge in [-0.25, -0.2) is 25.3 Å². The molecule has 0 bridgehead atoms. The number of aromatic hydroxyl groups is 2. The Labute approximate surface area is 331 Å². The van der Waals surface area contributed by atoms with Crippen molar-refractivity contribution in [1.82, 2.24) is 0 Å². The maximum absolute atomic E-state index is 10.7. The third-order valence-electron chi connectivity index (χ3n) is 5.27. The van der Waals surface area contributed by atoms with Crippen molar-refractivity contribution >= 4 is 51.9 Å². The van der Waals surface area contributed by atoms with Crippen LogP contribution in [0, 0.1) is 42.5 Å². The molecular formula is C27H23F9LaLiO11S3. The van der Waals surface area contributed by atoms with Gasteiger partial charge in [0.15, 0.2) is 30.4 Å². The van der Waals surface area contributed by atoms with Gasteiger partial charge >= 0.3 is 71.0 Å². The maximum atomic E-state index is 10.7. The Kier molecular flexibility index (Phi) is 22.6. The number of phenols is 2. The van der Waals surface area contributed by atoms with Crippen molar-refractivity contribution in [3.63, 3.8) is 0 Å². The predicted octanol–water partition coefficient (Wildman–Crippen LogP) is 3.85. The minimum Gasteiger partial charge on any atom is -0.741 e. The molecule has 0 aliphatic rings. The summed E-state index contributed by atoms with van der Waals surface area (Å²) in [5.74, 6) is 0.343. The van der Waals surface area contributed by atoms with E-state index in [2.05, 4.69) is 13.8 Å². The number of rotatable bonds is 2. The minimum atomic E-state index is -6.09. The van der Waals surface area contributed by atoms with Crippen LogP contribution in [0.1, 0.15) is 19.8 Å². The monoisotopic (exact) mass is 936 g/mol. The minimum absolute atomic E-state index is 0. The molecule has 0 aromatic heterocycles. The molecular weight excluding hydrogens is 913 g/mol. The summed E-state index contributed by atoms with van der Waals surface area (Å²) >= 11 is 0. The van der Waals surface area contributed by atoms with Crippen LogP contribution in [0.25, 0.3) is 32.7 Å². The first-order valence-electron chi connectivity index (χ1n) is 12.7. The largest absolute Gasteiger partial charge is 3.00 e. The number of hydrogen-bond acceptors (Lipinski definition) is 11. The molecule has 52 heavy (non-hydrogen) atoms. The summed E-state index contributed by atoms with van der Waals surface area (Å²) in [6, 6.07) is 22.9. The van der Waals surface area contributed by atoms with Crippen LogP contribution in [0.3, 0.4) is 0 Å². The van der Waals surface area contributed by atoms with Crippen LogP contribution in [-0.4, -0.2) is 65.6 Å². The quantitative estimate of drug-likeness (QED) is 0.0969. The van der Waals surface area contributed by atoms with Gasteiger partial charge in [0.2, 0.25) is 0 Å². The molecule has 4 aromatic carbocycles. The van der Waals surface area contributed by atoms with Crippen LogP contribution in [0.4, 0.5) is 39.5 Å². The van der Waals surface area contributed by atoms with E-state index in [1.807, 2.05) is 60.7 Å². The molecule has 0 amide bonds. The summed E-state index contributed by atoms with van der Waals surface area (Å²) in [4.78, 5) is 0. The van der Waals surface area contributed by atoms with Gasteiger partial charge in [0.25, 0.3) is 0 Å². The van der Waals surface area contributed by atoms with Gasteiger partial charge in [0, 0.05) is 11.1 Å². The molecule has 4 aromatic rings. The molecule has 25 heteroatoms. The molecule has 0 fully saturated rings. The molecule has 0 saturated carbocycles. The Hall–Kier alpha value is -2.11. The van der Waals surface area contributed by atoms with Crippen LogP contribution in [0.15, 0.2) is 72.8 Å². The van der Waals surface area contributed by atoms with Crippen molar-refractivity contribution < 1.29 is 143 Å². The van der Waals surface area contributed by atoms with Gasteiger partial charge in [-0.05, 0) is 33.7 Å². The summed E-state index contributed by atoms with van der Waals surface area (Å²) in [7, 11) is -18.3. The number of fused-ring (bicyclic) bond motifs is 2. The van der Waals surface area contributed by atoms with Gasteiger partial charge in [-0.2, -0.15) is 45.9 Å². The number of halogens is 9. The van der Waals surface area contributed by atoms with Crippen molar-refractivity contribution in [2.24, 2.45) is 0 Å². The van der Waals surface area contributed by atoms with Crippen molar-refractivity contribution in [3.05, 3.63) is 79.7 Å². The van der Waals surface area contributed by atoms with Gasteiger partial charge in [0.05, 0.1) is 0 Å². The fourth-order valence-electron chi connectivity index (χ4n) is 3.05. The SMILES string of the molecule is O=S(=O)([O-])C(F)(F)F.O=S(=O)([O-])C(F)(F)F.O=S(=O)([O-])C(F)(F)F.Oc1ccc2ccccc2c1-c1c(O)ccc2ccccc12.[CH2-]CCC.[La+3].[Li+]. The smallest absolute Gasteiger partial charge is 0.741 e. The summed E-state index contributed by atoms with van der Waals surface area (Å²) in [6.45, 7) is 5.72. The van der Waals surface area contributed by atoms with E-state index < -0.39 is 46.9 Å². The van der Waals surface area contributed by atoms with Gasteiger partial charge in [-0.1, -0.05) is 74.0 Å². The molecule has 11 nitrogen and oxygen atoms in total. The van der Waals surface area contributed by atoms with E-state index >= 15 is 0 Å². The van der Waals surface area contributed by atoms with E-state index in [1.165, 1.54) is 6.42 Å². The Morgan fingerprint density at radius 1 is 0.558 bits per heavy atom. The van der Waals surface area contributed by atoms with E-state index in [1.54, 1.807) is 12.1 Å². The molecule has 282 valence electrons. The molecule has 0 aliphatic carbocycles. The van der Waals surface area contributed by atoms with Crippen molar-refractivity contribution in [1.29, 1.82) is 0 Å². The topological polar surface area (TPSA) is 212 Å². The average molecular weight is 936 g/mol. The average Bonchev–Trinajstić information content (AvgIpc) is 2.96. The van der Waals surface area contributed by atoms with Crippen LogP contribution in [0.5, 0.6) is 11.5 Å². The molecule has 0 radical (unpaired) electrons. The number of unbranched alkanes of at least 4 members (excludes halogenated alkanes) is 1. The van der Waals surface area contributed by atoms with Crippen LogP contribution in [-0.2, 0) is 30.4 Å². The summed E-state index contributed by atoms with van der Waals surface area (Å²) in [6.07, 6.45) is 2.28. The van der Waals surface area contributed by atoms with Crippen molar-refractivity contribution in [2.75, 3.05) is 0 Å². The molecule has 0 unspecified atom stereocenters. The Bertz CT molecular complexity index is 1870. The zero-order valence-electron chi connectivity index (χ0n) is 26.3. The first-order chi connectivity index (χ1) is 22.4. The summed E-state index contributed by atoms with van der Waals surface area (Å²) in [5.41, 5.74) is -15.6. The number of phenolic OH excluding ortho intramolecular Hbond substituents is 2. The zero-order chi connectivity index (χ0) is 39.5. The molecule has 2 N–H and O–H groups in total. The zero-order valence-corrected chi connectivity index (χ0v) is 32.4. The Morgan fingerprint density at radius 2 is 0.769 bits per heavy atom.